The minimum Gasteiger partial charge on any atom is -0.473 e. The minimum atomic E-state index is -0.213. The zero-order valence-electron chi connectivity index (χ0n) is 14.4. The number of nitrogens with zero attached hydrogens (tertiary/aromatic N) is 2. The zero-order valence-corrected chi connectivity index (χ0v) is 14.4. The average Bonchev–Trinajstić information content (AvgIpc) is 2.87. The van der Waals surface area contributed by atoms with E-state index in [1.54, 1.807) is 29.0 Å². The first-order chi connectivity index (χ1) is 11.9. The van der Waals surface area contributed by atoms with Crippen LogP contribution < -0.4 is 15.4 Å². The van der Waals surface area contributed by atoms with Gasteiger partial charge >= 0.3 is 0 Å². The van der Waals surface area contributed by atoms with Crippen LogP contribution in [0.5, 0.6) is 5.88 Å². The number of aryl methyl sites for hydroxylation is 1. The summed E-state index contributed by atoms with van der Waals surface area (Å²) >= 11 is 0. The molecule has 0 saturated carbocycles. The van der Waals surface area contributed by atoms with Gasteiger partial charge in [0.25, 0.3) is 0 Å². The molecule has 0 radical (unpaired) electrons. The van der Waals surface area contributed by atoms with E-state index in [9.17, 15) is 9.59 Å². The summed E-state index contributed by atoms with van der Waals surface area (Å²) < 4.78 is 7.61. The molecule has 1 heterocycles. The molecule has 0 aliphatic rings. The third kappa shape index (κ3) is 4.61. The average molecular weight is 340 g/mol. The second-order valence-electron chi connectivity index (χ2n) is 5.42. The molecule has 2 rings (SSSR count). The number of hydrogen-bond acceptors (Lipinski definition) is 4. The lowest BCUT2D eigenvalue weighted by atomic mass is 10.1. The van der Waals surface area contributed by atoms with Crippen molar-refractivity contribution in [2.45, 2.75) is 33.9 Å². The molecule has 2 N–H and O–H groups in total. The Hall–Kier alpha value is -3.27. The Bertz CT molecular complexity index is 799. The number of terminal acetylenes is 1. The highest BCUT2D eigenvalue weighted by molar-refractivity contribution is 5.94. The molecule has 0 fully saturated rings. The van der Waals surface area contributed by atoms with E-state index in [1.807, 2.05) is 6.92 Å². The summed E-state index contributed by atoms with van der Waals surface area (Å²) in [5.74, 6) is 3.38. The van der Waals surface area contributed by atoms with E-state index in [4.69, 9.17) is 11.2 Å². The zero-order chi connectivity index (χ0) is 18.4. The molecule has 1 aromatic carbocycles. The van der Waals surface area contributed by atoms with E-state index in [0.717, 1.165) is 5.82 Å². The number of anilines is 2. The first kappa shape index (κ1) is 18.1. The van der Waals surface area contributed by atoms with E-state index in [-0.39, 0.29) is 18.4 Å². The molecule has 1 aromatic heterocycles. The van der Waals surface area contributed by atoms with Gasteiger partial charge in [0.1, 0.15) is 12.4 Å². The number of nitrogens with one attached hydrogen (secondary N) is 2. The van der Waals surface area contributed by atoms with Gasteiger partial charge in [-0.1, -0.05) is 12.0 Å². The van der Waals surface area contributed by atoms with Gasteiger partial charge in [-0.3, -0.25) is 14.2 Å². The predicted molar refractivity (Wildman–Crippen MR) is 95.2 cm³/mol. The second-order valence-corrected chi connectivity index (χ2v) is 5.42. The summed E-state index contributed by atoms with van der Waals surface area (Å²) in [7, 11) is 0. The van der Waals surface area contributed by atoms with Gasteiger partial charge in [-0.15, -0.1) is 6.42 Å². The monoisotopic (exact) mass is 340 g/mol. The fourth-order valence-electron chi connectivity index (χ4n) is 2.35. The molecule has 7 heteroatoms. The molecular weight excluding hydrogens is 320 g/mol. The number of benzene rings is 1. The van der Waals surface area contributed by atoms with E-state index >= 15 is 0 Å². The number of imidazole rings is 1. The van der Waals surface area contributed by atoms with Gasteiger partial charge in [-0.05, 0) is 19.1 Å². The molecule has 2 aromatic rings. The maximum atomic E-state index is 11.4. The third-order valence-corrected chi connectivity index (χ3v) is 3.43. The summed E-state index contributed by atoms with van der Waals surface area (Å²) in [6.45, 7) is 5.13. The van der Waals surface area contributed by atoms with Gasteiger partial charge in [0.2, 0.25) is 17.7 Å². The largest absolute Gasteiger partial charge is 0.473 e. The number of ether oxygens (including phenoxy) is 1. The number of carbonyl (C=O) groups excluding carboxylic acids is 2. The van der Waals surface area contributed by atoms with Gasteiger partial charge in [-0.2, -0.15) is 0 Å². The van der Waals surface area contributed by atoms with Gasteiger partial charge in [0.15, 0.2) is 0 Å². The molecule has 7 nitrogen and oxygen atoms in total. The second kappa shape index (κ2) is 8.02. The molecular formula is C18H20N4O3. The van der Waals surface area contributed by atoms with E-state index in [2.05, 4.69) is 21.5 Å². The van der Waals surface area contributed by atoms with Gasteiger partial charge in [-0.25, -0.2) is 4.98 Å². The van der Waals surface area contributed by atoms with Crippen LogP contribution >= 0.6 is 0 Å². The van der Waals surface area contributed by atoms with Crippen molar-refractivity contribution < 1.29 is 14.3 Å². The van der Waals surface area contributed by atoms with E-state index < -0.39 is 0 Å². The molecule has 25 heavy (non-hydrogen) atoms. The molecule has 0 unspecified atom stereocenters. The normalized spacial score (nSPS) is 10.0. The minimum absolute atomic E-state index is 0.127. The van der Waals surface area contributed by atoms with Crippen molar-refractivity contribution in [3.63, 3.8) is 0 Å². The highest BCUT2D eigenvalue weighted by Gasteiger charge is 2.14. The lowest BCUT2D eigenvalue weighted by Crippen LogP contribution is -2.14. The van der Waals surface area contributed by atoms with Crippen LogP contribution in [0.1, 0.15) is 25.2 Å². The summed E-state index contributed by atoms with van der Waals surface area (Å²) in [5, 5.41) is 5.49. The van der Waals surface area contributed by atoms with Crippen LogP contribution in [-0.4, -0.2) is 21.4 Å². The Morgan fingerprint density at radius 1 is 1.24 bits per heavy atom. The molecule has 0 aliphatic carbocycles. The number of aromatic nitrogens is 2. The predicted octanol–water partition coefficient (Wildman–Crippen LogP) is 2.32. The Labute approximate surface area is 146 Å². The van der Waals surface area contributed by atoms with Crippen molar-refractivity contribution in [2.24, 2.45) is 0 Å². The fraction of sp³-hybridized carbons (Fsp3) is 0.278. The van der Waals surface area contributed by atoms with Crippen LogP contribution in [0.25, 0.3) is 0 Å². The van der Waals surface area contributed by atoms with Crippen LogP contribution in [0.15, 0.2) is 24.4 Å². The van der Waals surface area contributed by atoms with E-state index in [0.29, 0.717) is 29.4 Å². The van der Waals surface area contributed by atoms with Crippen molar-refractivity contribution in [1.29, 1.82) is 0 Å². The molecule has 130 valence electrons. The Kier molecular flexibility index (Phi) is 5.79. The SMILES string of the molecule is C#CCn1c(OCc2c(NC(C)=O)cccc2NC(C)=O)cnc1C. The lowest BCUT2D eigenvalue weighted by molar-refractivity contribution is -0.115. The van der Waals surface area contributed by atoms with Crippen molar-refractivity contribution in [1.82, 2.24) is 9.55 Å². The van der Waals surface area contributed by atoms with Crippen molar-refractivity contribution >= 4 is 23.2 Å². The first-order valence-corrected chi connectivity index (χ1v) is 7.67. The number of rotatable bonds is 6. The van der Waals surface area contributed by atoms with Crippen molar-refractivity contribution in [3.05, 3.63) is 35.8 Å². The molecule has 0 bridgehead atoms. The summed E-state index contributed by atoms with van der Waals surface area (Å²) in [6, 6.07) is 5.23. The molecule has 0 saturated heterocycles. The molecule has 0 spiro atoms. The van der Waals surface area contributed by atoms with Crippen molar-refractivity contribution in [2.75, 3.05) is 10.6 Å². The summed E-state index contributed by atoms with van der Waals surface area (Å²) in [4.78, 5) is 27.1. The van der Waals surface area contributed by atoms with Gasteiger partial charge in [0.05, 0.1) is 12.7 Å². The first-order valence-electron chi connectivity index (χ1n) is 7.67. The molecule has 0 atom stereocenters. The highest BCUT2D eigenvalue weighted by Crippen LogP contribution is 2.27. The van der Waals surface area contributed by atoms with Crippen LogP contribution in [0.3, 0.4) is 0 Å². The topological polar surface area (TPSA) is 85.2 Å². The lowest BCUT2D eigenvalue weighted by Gasteiger charge is -2.16. The fourth-order valence-corrected chi connectivity index (χ4v) is 2.35. The standard InChI is InChI=1S/C18H20N4O3/c1-5-9-22-12(2)19-10-18(22)25-11-15-16(20-13(3)23)7-6-8-17(15)21-14(4)24/h1,6-8,10H,9,11H2,2-4H3,(H,20,23)(H,21,24). The summed E-state index contributed by atoms with van der Waals surface area (Å²) in [5.41, 5.74) is 1.79. The Morgan fingerprint density at radius 3 is 2.36 bits per heavy atom. The smallest absolute Gasteiger partial charge is 0.221 e. The maximum absolute atomic E-state index is 11.4. The van der Waals surface area contributed by atoms with Crippen LogP contribution in [0.2, 0.25) is 0 Å². The maximum Gasteiger partial charge on any atom is 0.221 e. The number of amides is 2. The van der Waals surface area contributed by atoms with Crippen LogP contribution in [0.4, 0.5) is 11.4 Å². The highest BCUT2D eigenvalue weighted by atomic mass is 16.5. The van der Waals surface area contributed by atoms with Crippen molar-refractivity contribution in [3.8, 4) is 18.2 Å². The third-order valence-electron chi connectivity index (χ3n) is 3.43. The van der Waals surface area contributed by atoms with Gasteiger partial charge < -0.3 is 15.4 Å². The number of carbonyl (C=O) groups is 2. The van der Waals surface area contributed by atoms with Crippen LogP contribution in [-0.2, 0) is 22.7 Å². The Morgan fingerprint density at radius 2 is 1.84 bits per heavy atom. The van der Waals surface area contributed by atoms with Gasteiger partial charge in [0, 0.05) is 30.8 Å². The summed E-state index contributed by atoms with van der Waals surface area (Å²) in [6.07, 6.45) is 6.96. The Balaban J connectivity index is 2.32. The van der Waals surface area contributed by atoms with Crippen LogP contribution in [0, 0.1) is 19.3 Å². The molecule has 2 amide bonds. The van der Waals surface area contributed by atoms with E-state index in [1.165, 1.54) is 13.8 Å². The quantitative estimate of drug-likeness (QED) is 0.790. The molecule has 0 aliphatic heterocycles. The number of hydrogen-bond donors (Lipinski definition) is 2.